The maximum atomic E-state index is 5.54. The zero-order valence-electron chi connectivity index (χ0n) is 8.00. The Morgan fingerprint density at radius 1 is 0.667 bits per heavy atom. The third-order valence-electron chi connectivity index (χ3n) is 2.69. The van der Waals surface area contributed by atoms with E-state index in [1.54, 1.807) is 0 Å². The summed E-state index contributed by atoms with van der Waals surface area (Å²) >= 11 is 5.54. The van der Waals surface area contributed by atoms with Crippen LogP contribution in [0, 0.1) is 0 Å². The topological polar surface area (TPSA) is 0 Å². The van der Waals surface area contributed by atoms with Gasteiger partial charge in [0, 0.05) is 0 Å². The van der Waals surface area contributed by atoms with E-state index in [4.69, 9.17) is 16.0 Å². The van der Waals surface area contributed by atoms with Crippen molar-refractivity contribution < 1.29 is 16.0 Å². The quantitative estimate of drug-likeness (QED) is 0.418. The number of fused-ring (bicyclic) bond motifs is 3. The van der Waals surface area contributed by atoms with Gasteiger partial charge in [-0.1, -0.05) is 0 Å². The van der Waals surface area contributed by atoms with Crippen molar-refractivity contribution in [1.29, 1.82) is 0 Å². The Hall–Kier alpha value is -1.30. The van der Waals surface area contributed by atoms with Gasteiger partial charge in [-0.2, -0.15) is 0 Å². The summed E-state index contributed by atoms with van der Waals surface area (Å²) in [5, 5.41) is 4.90. The van der Waals surface area contributed by atoms with Crippen LogP contribution >= 0.6 is 0 Å². The van der Waals surface area contributed by atoms with Crippen molar-refractivity contribution in [2.45, 2.75) is 0 Å². The Labute approximate surface area is 96.7 Å². The van der Waals surface area contributed by atoms with Crippen LogP contribution in [0.1, 0.15) is 0 Å². The van der Waals surface area contributed by atoms with Gasteiger partial charge in [0.05, 0.1) is 0 Å². The van der Waals surface area contributed by atoms with Crippen LogP contribution in [-0.2, 0) is 16.0 Å². The molecule has 76 valence electrons. The molecule has 0 aliphatic rings. The van der Waals surface area contributed by atoms with Crippen molar-refractivity contribution in [2.24, 2.45) is 0 Å². The summed E-state index contributed by atoms with van der Waals surface area (Å²) in [6, 6.07) is 18.7. The minimum atomic E-state index is 0.914. The van der Waals surface area contributed by atoms with Crippen LogP contribution in [0.25, 0.3) is 21.5 Å². The third-order valence-corrected chi connectivity index (χ3v) is 3.08. The molecule has 0 unspecified atom stereocenters. The van der Waals surface area contributed by atoms with E-state index in [1.165, 1.54) is 16.2 Å². The fourth-order valence-electron chi connectivity index (χ4n) is 1.98. The molecule has 0 radical (unpaired) electrons. The first-order chi connectivity index (χ1) is 7.36. The van der Waals surface area contributed by atoms with Crippen LogP contribution in [0.2, 0.25) is 0 Å². The molecule has 0 atom stereocenters. The molecular formula is C14H9Cu. The van der Waals surface area contributed by atoms with Gasteiger partial charge >= 0.3 is 96.6 Å². The molecule has 1 heteroatoms. The van der Waals surface area contributed by atoms with Crippen LogP contribution in [0.5, 0.6) is 0 Å². The molecule has 0 saturated heterocycles. The van der Waals surface area contributed by atoms with Gasteiger partial charge in [-0.3, -0.25) is 0 Å². The minimum absolute atomic E-state index is 0.914. The molecule has 0 saturated carbocycles. The number of hydrogen-bond donors (Lipinski definition) is 0. The van der Waals surface area contributed by atoms with Crippen LogP contribution < -0.4 is 4.46 Å². The standard InChI is InChI=1S/C14H9.Cu/c1-3-7-13-11(5-1)9-10-12-6-2-4-8-14(12)13;/h1-9H;. The first-order valence-electron chi connectivity index (χ1n) is 4.88. The zero-order valence-corrected chi connectivity index (χ0v) is 8.94. The number of benzene rings is 3. The summed E-state index contributed by atoms with van der Waals surface area (Å²) in [5.41, 5.74) is 0. The van der Waals surface area contributed by atoms with E-state index >= 15 is 0 Å². The van der Waals surface area contributed by atoms with Gasteiger partial charge in [0.1, 0.15) is 0 Å². The molecular weight excluding hydrogens is 232 g/mol. The fraction of sp³-hybridized carbons (Fsp3) is 0. The number of rotatable bonds is 0. The average molecular weight is 241 g/mol. The summed E-state index contributed by atoms with van der Waals surface area (Å²) in [6.45, 7) is 0. The normalized spacial score (nSPS) is 11.1. The second-order valence-electron chi connectivity index (χ2n) is 3.58. The number of hydrogen-bond acceptors (Lipinski definition) is 0. The molecule has 0 nitrogen and oxygen atoms in total. The van der Waals surface area contributed by atoms with Gasteiger partial charge in [0.2, 0.25) is 0 Å². The monoisotopic (exact) mass is 240 g/mol. The first kappa shape index (κ1) is 8.96. The van der Waals surface area contributed by atoms with Crippen LogP contribution in [0.3, 0.4) is 0 Å². The van der Waals surface area contributed by atoms with E-state index < -0.39 is 0 Å². The van der Waals surface area contributed by atoms with Gasteiger partial charge in [-0.05, 0) is 0 Å². The van der Waals surface area contributed by atoms with Gasteiger partial charge in [-0.15, -0.1) is 0 Å². The fourth-order valence-corrected chi connectivity index (χ4v) is 2.33. The van der Waals surface area contributed by atoms with Crippen LogP contribution in [0.4, 0.5) is 0 Å². The summed E-state index contributed by atoms with van der Waals surface area (Å²) in [4.78, 5) is 0. The zero-order chi connectivity index (χ0) is 10.3. The maximum absolute atomic E-state index is 5.54. The Morgan fingerprint density at radius 2 is 1.27 bits per heavy atom. The van der Waals surface area contributed by atoms with Crippen molar-refractivity contribution >= 4 is 26.0 Å². The molecule has 0 aliphatic carbocycles. The van der Waals surface area contributed by atoms with Gasteiger partial charge in [0.25, 0.3) is 0 Å². The predicted octanol–water partition coefficient (Wildman–Crippen LogP) is 3.17. The Kier molecular flexibility index (Phi) is 2.02. The second kappa shape index (κ2) is 3.37. The van der Waals surface area contributed by atoms with E-state index in [0.717, 1.165) is 9.85 Å². The molecule has 0 spiro atoms. The second-order valence-corrected chi connectivity index (χ2v) is 4.09. The van der Waals surface area contributed by atoms with Crippen molar-refractivity contribution in [3.8, 4) is 0 Å². The summed E-state index contributed by atoms with van der Waals surface area (Å²) < 4.78 is 0.914. The Balaban J connectivity index is 2.64. The molecule has 3 rings (SSSR count). The third kappa shape index (κ3) is 1.36. The molecule has 3 aromatic rings. The molecule has 0 heterocycles. The summed E-state index contributed by atoms with van der Waals surface area (Å²) in [7, 11) is 0. The van der Waals surface area contributed by atoms with E-state index in [1.807, 2.05) is 12.1 Å². The first-order valence-corrected chi connectivity index (χ1v) is 5.35. The SMILES string of the molecule is [Cu][c]1cc2ccccc2c2ccccc12. The van der Waals surface area contributed by atoms with Crippen LogP contribution in [-0.4, -0.2) is 0 Å². The predicted molar refractivity (Wildman–Crippen MR) is 61.1 cm³/mol. The summed E-state index contributed by atoms with van der Waals surface area (Å²) in [5.74, 6) is 0. The molecule has 15 heavy (non-hydrogen) atoms. The molecule has 0 N–H and O–H groups in total. The molecule has 0 amide bonds. The Bertz CT molecular complexity index is 641. The molecule has 0 fully saturated rings. The van der Waals surface area contributed by atoms with E-state index in [2.05, 4.69) is 42.5 Å². The molecule has 0 bridgehead atoms. The summed E-state index contributed by atoms with van der Waals surface area (Å²) in [6.07, 6.45) is 0. The van der Waals surface area contributed by atoms with Crippen molar-refractivity contribution in [1.82, 2.24) is 0 Å². The van der Waals surface area contributed by atoms with Crippen molar-refractivity contribution in [2.75, 3.05) is 0 Å². The molecule has 3 aromatic carbocycles. The van der Waals surface area contributed by atoms with Gasteiger partial charge in [-0.25, -0.2) is 0 Å². The molecule has 0 aliphatic heterocycles. The Morgan fingerprint density at radius 3 is 2.07 bits per heavy atom. The average Bonchev–Trinajstić information content (AvgIpc) is 2.30. The van der Waals surface area contributed by atoms with Gasteiger partial charge < -0.3 is 0 Å². The van der Waals surface area contributed by atoms with E-state index in [0.29, 0.717) is 0 Å². The molecule has 0 aromatic heterocycles. The van der Waals surface area contributed by atoms with Crippen molar-refractivity contribution in [3.05, 3.63) is 54.6 Å². The van der Waals surface area contributed by atoms with Gasteiger partial charge in [0.15, 0.2) is 0 Å². The van der Waals surface area contributed by atoms with Crippen molar-refractivity contribution in [3.63, 3.8) is 0 Å². The van der Waals surface area contributed by atoms with Crippen LogP contribution in [0.15, 0.2) is 54.6 Å². The van der Waals surface area contributed by atoms with E-state index in [9.17, 15) is 0 Å². The van der Waals surface area contributed by atoms with E-state index in [-0.39, 0.29) is 0 Å².